The van der Waals surface area contributed by atoms with Crippen LogP contribution >= 0.6 is 0 Å². The van der Waals surface area contributed by atoms with Gasteiger partial charge in [-0.1, -0.05) is 36.4 Å². The van der Waals surface area contributed by atoms with Gasteiger partial charge in [-0.05, 0) is 30.2 Å². The van der Waals surface area contributed by atoms with Crippen molar-refractivity contribution in [1.82, 2.24) is 5.32 Å². The Labute approximate surface area is 145 Å². The lowest BCUT2D eigenvalue weighted by Crippen LogP contribution is -2.40. The lowest BCUT2D eigenvalue weighted by Gasteiger charge is -2.18. The molecule has 2 aromatic rings. The number of anilines is 2. The first-order valence-corrected chi connectivity index (χ1v) is 8.30. The number of nitrogens with one attached hydrogen (secondary N) is 2. The van der Waals surface area contributed by atoms with Crippen LogP contribution in [0.4, 0.5) is 11.4 Å². The molecule has 6 nitrogen and oxygen atoms in total. The number of guanidine groups is 1. The van der Waals surface area contributed by atoms with Crippen LogP contribution < -0.4 is 15.5 Å². The third-order valence-corrected chi connectivity index (χ3v) is 4.39. The summed E-state index contributed by atoms with van der Waals surface area (Å²) in [4.78, 5) is 30.8. The molecule has 0 fully saturated rings. The van der Waals surface area contributed by atoms with E-state index in [4.69, 9.17) is 0 Å². The highest BCUT2D eigenvalue weighted by molar-refractivity contribution is 6.13. The van der Waals surface area contributed by atoms with Crippen LogP contribution in [0.25, 0.3) is 0 Å². The summed E-state index contributed by atoms with van der Waals surface area (Å²) in [6.45, 7) is 0.779. The second-order valence-electron chi connectivity index (χ2n) is 6.11. The second kappa shape index (κ2) is 6.39. The Kier molecular flexibility index (Phi) is 3.93. The molecular weight excluding hydrogens is 316 g/mol. The molecule has 0 saturated carbocycles. The van der Waals surface area contributed by atoms with Gasteiger partial charge in [0.05, 0.1) is 6.42 Å². The molecule has 126 valence electrons. The van der Waals surface area contributed by atoms with Gasteiger partial charge in [0.15, 0.2) is 0 Å². The second-order valence-corrected chi connectivity index (χ2v) is 6.11. The van der Waals surface area contributed by atoms with Crippen molar-refractivity contribution in [2.45, 2.75) is 18.9 Å². The molecule has 25 heavy (non-hydrogen) atoms. The number of rotatable bonds is 3. The van der Waals surface area contributed by atoms with Crippen molar-refractivity contribution in [3.8, 4) is 0 Å². The Morgan fingerprint density at radius 2 is 1.92 bits per heavy atom. The van der Waals surface area contributed by atoms with Crippen molar-refractivity contribution >= 4 is 29.1 Å². The molecule has 2 aliphatic rings. The molecule has 2 amide bonds. The quantitative estimate of drug-likeness (QED) is 0.901. The molecule has 2 heterocycles. The molecule has 2 aliphatic heterocycles. The summed E-state index contributed by atoms with van der Waals surface area (Å²) in [6, 6.07) is 16.6. The summed E-state index contributed by atoms with van der Waals surface area (Å²) in [5.41, 5.74) is 3.02. The summed E-state index contributed by atoms with van der Waals surface area (Å²) in [5, 5.41) is 5.60. The normalized spacial score (nSPS) is 18.6. The van der Waals surface area contributed by atoms with E-state index in [2.05, 4.69) is 21.7 Å². The minimum absolute atomic E-state index is 0.0275. The first kappa shape index (κ1) is 15.4. The first-order valence-electron chi connectivity index (χ1n) is 8.30. The molecule has 0 spiro atoms. The van der Waals surface area contributed by atoms with Crippen LogP contribution in [0.1, 0.15) is 12.0 Å². The highest BCUT2D eigenvalue weighted by Gasteiger charge is 2.33. The molecular formula is C19H18N4O2. The number of carbonyl (C=O) groups excluding carboxylic acids is 2. The Morgan fingerprint density at radius 1 is 1.16 bits per heavy atom. The van der Waals surface area contributed by atoms with E-state index in [0.717, 1.165) is 18.7 Å². The molecule has 0 saturated heterocycles. The van der Waals surface area contributed by atoms with E-state index >= 15 is 0 Å². The van der Waals surface area contributed by atoms with Crippen LogP contribution in [0.3, 0.4) is 0 Å². The van der Waals surface area contributed by atoms with Crippen molar-refractivity contribution in [2.75, 3.05) is 16.8 Å². The van der Waals surface area contributed by atoms with Gasteiger partial charge in [-0.3, -0.25) is 14.9 Å². The van der Waals surface area contributed by atoms with Crippen molar-refractivity contribution < 1.29 is 9.59 Å². The minimum atomic E-state index is -0.688. The van der Waals surface area contributed by atoms with Gasteiger partial charge in [0.2, 0.25) is 11.9 Å². The van der Waals surface area contributed by atoms with Crippen LogP contribution in [0.5, 0.6) is 0 Å². The maximum absolute atomic E-state index is 12.2. The Balaban J connectivity index is 1.45. The number of nitrogens with zero attached hydrogens (tertiary/aromatic N) is 2. The number of fused-ring (bicyclic) bond motifs is 1. The predicted molar refractivity (Wildman–Crippen MR) is 96.5 cm³/mol. The van der Waals surface area contributed by atoms with Crippen LogP contribution in [-0.2, 0) is 16.0 Å². The Hall–Kier alpha value is -3.15. The first-order chi connectivity index (χ1) is 12.2. The molecule has 6 heteroatoms. The van der Waals surface area contributed by atoms with E-state index in [-0.39, 0.29) is 18.2 Å². The van der Waals surface area contributed by atoms with Gasteiger partial charge in [0.1, 0.15) is 6.04 Å². The van der Waals surface area contributed by atoms with Gasteiger partial charge >= 0.3 is 0 Å². The van der Waals surface area contributed by atoms with Gasteiger partial charge in [-0.25, -0.2) is 4.99 Å². The maximum atomic E-state index is 12.2. The number of aliphatic imine (C=N–C) groups is 1. The fourth-order valence-corrected chi connectivity index (χ4v) is 3.17. The Bertz CT molecular complexity index is 848. The van der Waals surface area contributed by atoms with Crippen LogP contribution in [0, 0.1) is 0 Å². The summed E-state index contributed by atoms with van der Waals surface area (Å²) in [5.74, 6) is 0.0771. The third-order valence-electron chi connectivity index (χ3n) is 4.39. The summed E-state index contributed by atoms with van der Waals surface area (Å²) >= 11 is 0. The Morgan fingerprint density at radius 3 is 2.76 bits per heavy atom. The number of amides is 2. The number of hydrogen-bond donors (Lipinski definition) is 2. The smallest absolute Gasteiger partial charge is 0.252 e. The van der Waals surface area contributed by atoms with Crippen LogP contribution in [0.15, 0.2) is 59.6 Å². The zero-order valence-corrected chi connectivity index (χ0v) is 13.6. The number of benzene rings is 2. The standard InChI is InChI=1S/C19H18N4O2/c24-17(20-14-7-2-1-3-8-14)12-15-18(25)22-19(21-15)23-11-10-13-6-4-5-9-16(13)23/h1-9,15H,10-12H2,(H,20,24)(H,21,22,25)/t15-/m1/s1. The maximum Gasteiger partial charge on any atom is 0.252 e. The molecule has 0 aliphatic carbocycles. The number of para-hydroxylation sites is 2. The predicted octanol–water partition coefficient (Wildman–Crippen LogP) is 1.93. The monoisotopic (exact) mass is 334 g/mol. The topological polar surface area (TPSA) is 73.8 Å². The van der Waals surface area contributed by atoms with Crippen LogP contribution in [-0.4, -0.2) is 30.4 Å². The molecule has 0 aromatic heterocycles. The van der Waals surface area contributed by atoms with Crippen molar-refractivity contribution in [3.05, 3.63) is 60.2 Å². The molecule has 2 aromatic carbocycles. The minimum Gasteiger partial charge on any atom is -0.326 e. The van der Waals surface area contributed by atoms with Gasteiger partial charge in [-0.2, -0.15) is 0 Å². The van der Waals surface area contributed by atoms with Crippen LogP contribution in [0.2, 0.25) is 0 Å². The highest BCUT2D eigenvalue weighted by atomic mass is 16.2. The van der Waals surface area contributed by atoms with Gasteiger partial charge < -0.3 is 10.2 Å². The van der Waals surface area contributed by atoms with E-state index in [1.807, 2.05) is 53.4 Å². The van der Waals surface area contributed by atoms with E-state index in [0.29, 0.717) is 11.6 Å². The van der Waals surface area contributed by atoms with Gasteiger partial charge in [0.25, 0.3) is 5.91 Å². The lowest BCUT2D eigenvalue weighted by molar-refractivity contribution is -0.123. The zero-order valence-electron chi connectivity index (χ0n) is 13.6. The molecule has 0 radical (unpaired) electrons. The number of hydrogen-bond acceptors (Lipinski definition) is 4. The molecule has 4 rings (SSSR count). The zero-order chi connectivity index (χ0) is 17.2. The lowest BCUT2D eigenvalue weighted by atomic mass is 10.2. The van der Waals surface area contributed by atoms with Crippen molar-refractivity contribution in [1.29, 1.82) is 0 Å². The van der Waals surface area contributed by atoms with Gasteiger partial charge in [0, 0.05) is 17.9 Å². The van der Waals surface area contributed by atoms with E-state index in [1.165, 1.54) is 5.56 Å². The SMILES string of the molecule is O=C(C[C@H]1N=C(N2CCc3ccccc32)NC1=O)Nc1ccccc1. The number of carbonyl (C=O) groups is 2. The largest absolute Gasteiger partial charge is 0.326 e. The summed E-state index contributed by atoms with van der Waals surface area (Å²) in [6.07, 6.45) is 0.948. The molecule has 0 bridgehead atoms. The highest BCUT2D eigenvalue weighted by Crippen LogP contribution is 2.28. The molecule has 2 N–H and O–H groups in total. The fourth-order valence-electron chi connectivity index (χ4n) is 3.17. The molecule has 1 atom stereocenters. The average molecular weight is 334 g/mol. The van der Waals surface area contributed by atoms with Crippen molar-refractivity contribution in [3.63, 3.8) is 0 Å². The average Bonchev–Trinajstić information content (AvgIpc) is 3.19. The van der Waals surface area contributed by atoms with E-state index in [1.54, 1.807) is 0 Å². The molecule has 0 unspecified atom stereocenters. The fraction of sp³-hybridized carbons (Fsp3) is 0.211. The van der Waals surface area contributed by atoms with Gasteiger partial charge in [-0.15, -0.1) is 0 Å². The van der Waals surface area contributed by atoms with E-state index in [9.17, 15) is 9.59 Å². The third kappa shape index (κ3) is 3.10. The van der Waals surface area contributed by atoms with E-state index < -0.39 is 6.04 Å². The van der Waals surface area contributed by atoms with Crippen molar-refractivity contribution in [2.24, 2.45) is 4.99 Å². The summed E-state index contributed by atoms with van der Waals surface area (Å²) < 4.78 is 0. The summed E-state index contributed by atoms with van der Waals surface area (Å²) in [7, 11) is 0.